The van der Waals surface area contributed by atoms with Crippen molar-refractivity contribution in [2.75, 3.05) is 17.6 Å². The van der Waals surface area contributed by atoms with Gasteiger partial charge < -0.3 is 10.2 Å². The second-order valence-corrected chi connectivity index (χ2v) is 9.89. The molecule has 7 heteroatoms. The molecule has 0 fully saturated rings. The molecule has 4 rings (SSSR count). The average Bonchev–Trinajstić information content (AvgIpc) is 3.30. The topological polar surface area (TPSA) is 58.1 Å². The number of nitrogens with zero attached hydrogens (tertiary/aromatic N) is 3. The monoisotopic (exact) mass is 474 g/mol. The fourth-order valence-electron chi connectivity index (χ4n) is 3.30. The van der Waals surface area contributed by atoms with Crippen molar-refractivity contribution in [3.63, 3.8) is 0 Å². The van der Waals surface area contributed by atoms with E-state index in [9.17, 15) is 4.79 Å². The van der Waals surface area contributed by atoms with Gasteiger partial charge in [0.2, 0.25) is 11.0 Å². The summed E-state index contributed by atoms with van der Waals surface area (Å²) in [5.41, 5.74) is 4.54. The Hall–Kier alpha value is -3.16. The van der Waals surface area contributed by atoms with Crippen LogP contribution in [0.15, 0.2) is 89.3 Å². The lowest BCUT2D eigenvalue weighted by Gasteiger charge is -2.23. The first-order valence-electron chi connectivity index (χ1n) is 10.8. The zero-order valence-corrected chi connectivity index (χ0v) is 20.1. The Bertz CT molecular complexity index is 1150. The van der Waals surface area contributed by atoms with Crippen LogP contribution in [0.2, 0.25) is 0 Å². The minimum Gasteiger partial charge on any atom is -0.337 e. The van der Waals surface area contributed by atoms with Crippen molar-refractivity contribution < 1.29 is 4.79 Å². The van der Waals surface area contributed by atoms with Gasteiger partial charge >= 0.3 is 0 Å². The normalized spacial score (nSPS) is 10.7. The van der Waals surface area contributed by atoms with Crippen molar-refractivity contribution in [3.8, 4) is 0 Å². The van der Waals surface area contributed by atoms with Crippen molar-refractivity contribution in [1.29, 1.82) is 0 Å². The molecule has 4 aromatic rings. The van der Waals surface area contributed by atoms with E-state index in [-0.39, 0.29) is 5.91 Å². The first-order chi connectivity index (χ1) is 16.2. The quantitative estimate of drug-likeness (QED) is 0.288. The molecule has 0 saturated carbocycles. The maximum absolute atomic E-state index is 13.1. The fourth-order valence-corrected chi connectivity index (χ4v) is 4.97. The molecule has 0 aliphatic heterocycles. The minimum atomic E-state index is 0.100. The van der Waals surface area contributed by atoms with Crippen LogP contribution in [0.4, 0.5) is 10.8 Å². The summed E-state index contributed by atoms with van der Waals surface area (Å²) >= 11 is 2.90. The first kappa shape index (κ1) is 23.0. The molecule has 0 aliphatic carbocycles. The summed E-state index contributed by atoms with van der Waals surface area (Å²) in [6.07, 6.45) is 0.827. The van der Waals surface area contributed by atoms with Gasteiger partial charge in [-0.05, 0) is 36.6 Å². The van der Waals surface area contributed by atoms with Crippen LogP contribution in [-0.2, 0) is 17.8 Å². The number of aryl methyl sites for hydroxylation is 1. The van der Waals surface area contributed by atoms with Crippen LogP contribution in [-0.4, -0.2) is 33.3 Å². The highest BCUT2D eigenvalue weighted by atomic mass is 32.2. The number of nitrogens with one attached hydrogen (secondary N) is 1. The van der Waals surface area contributed by atoms with Crippen LogP contribution < -0.4 is 5.32 Å². The predicted octanol–water partition coefficient (Wildman–Crippen LogP) is 5.95. The van der Waals surface area contributed by atoms with Crippen LogP contribution in [0, 0.1) is 6.92 Å². The van der Waals surface area contributed by atoms with Gasteiger partial charge in [0.15, 0.2) is 4.34 Å². The van der Waals surface area contributed by atoms with E-state index in [1.165, 1.54) is 34.2 Å². The Balaban J connectivity index is 1.35. The second-order valence-electron chi connectivity index (χ2n) is 7.69. The van der Waals surface area contributed by atoms with Crippen molar-refractivity contribution in [3.05, 3.63) is 102 Å². The number of anilines is 2. The predicted molar refractivity (Wildman–Crippen MR) is 137 cm³/mol. The summed E-state index contributed by atoms with van der Waals surface area (Å²) in [5.74, 6) is 0.434. The van der Waals surface area contributed by atoms with E-state index >= 15 is 0 Å². The molecule has 0 atom stereocenters. The summed E-state index contributed by atoms with van der Waals surface area (Å²) in [7, 11) is 0. The molecule has 0 aliphatic rings. The molecule has 0 saturated heterocycles. The third-order valence-corrected chi connectivity index (χ3v) is 7.07. The fraction of sp³-hybridized carbons (Fsp3) is 0.192. The largest absolute Gasteiger partial charge is 0.337 e. The summed E-state index contributed by atoms with van der Waals surface area (Å²) in [6.45, 7) is 3.33. The second kappa shape index (κ2) is 11.6. The first-order valence-corrected chi connectivity index (χ1v) is 12.6. The molecule has 3 aromatic carbocycles. The third-order valence-electron chi connectivity index (χ3n) is 5.11. The van der Waals surface area contributed by atoms with Crippen molar-refractivity contribution >= 4 is 39.8 Å². The van der Waals surface area contributed by atoms with E-state index in [1.807, 2.05) is 53.4 Å². The summed E-state index contributed by atoms with van der Waals surface area (Å²) in [6, 6.07) is 28.5. The van der Waals surface area contributed by atoms with Gasteiger partial charge in [-0.15, -0.1) is 10.2 Å². The number of thioether (sulfide) groups is 1. The molecule has 0 spiro atoms. The van der Waals surface area contributed by atoms with E-state index in [4.69, 9.17) is 0 Å². The number of hydrogen-bond donors (Lipinski definition) is 1. The van der Waals surface area contributed by atoms with E-state index in [0.29, 0.717) is 18.8 Å². The molecule has 168 valence electrons. The van der Waals surface area contributed by atoms with E-state index in [1.54, 1.807) is 0 Å². The van der Waals surface area contributed by atoms with Crippen LogP contribution in [0.1, 0.15) is 16.7 Å². The molecule has 0 bridgehead atoms. The molecule has 1 heterocycles. The Morgan fingerprint density at radius 3 is 2.27 bits per heavy atom. The van der Waals surface area contributed by atoms with Gasteiger partial charge in [-0.1, -0.05) is 101 Å². The third kappa shape index (κ3) is 7.17. The lowest BCUT2D eigenvalue weighted by atomic mass is 10.1. The molecule has 33 heavy (non-hydrogen) atoms. The Morgan fingerprint density at radius 2 is 1.58 bits per heavy atom. The molecule has 0 radical (unpaired) electrons. The van der Waals surface area contributed by atoms with Crippen LogP contribution in [0.3, 0.4) is 0 Å². The van der Waals surface area contributed by atoms with Crippen LogP contribution in [0.5, 0.6) is 0 Å². The summed E-state index contributed by atoms with van der Waals surface area (Å²) < 4.78 is 0.778. The van der Waals surface area contributed by atoms with Gasteiger partial charge in [0, 0.05) is 18.8 Å². The SMILES string of the molecule is Cc1ccc(Nc2nnc(SCC(=O)N(CCc3ccccc3)Cc3ccccc3)s2)cc1. The standard InChI is InChI=1S/C26H26N4OS2/c1-20-12-14-23(15-13-20)27-25-28-29-26(33-25)32-19-24(31)30(18-22-10-6-3-7-11-22)17-16-21-8-4-2-5-9-21/h2-15H,16-19H2,1H3,(H,27,28). The number of hydrogen-bond acceptors (Lipinski definition) is 6. The van der Waals surface area contributed by atoms with Gasteiger partial charge in [-0.3, -0.25) is 4.79 Å². The highest BCUT2D eigenvalue weighted by Gasteiger charge is 2.16. The van der Waals surface area contributed by atoms with Gasteiger partial charge in [0.05, 0.1) is 5.75 Å². The highest BCUT2D eigenvalue weighted by Crippen LogP contribution is 2.28. The summed E-state index contributed by atoms with van der Waals surface area (Å²) in [5, 5.41) is 12.4. The maximum Gasteiger partial charge on any atom is 0.233 e. The Kier molecular flexibility index (Phi) is 8.11. The molecule has 1 amide bonds. The van der Waals surface area contributed by atoms with Crippen LogP contribution in [0.25, 0.3) is 0 Å². The Labute approximate surface area is 202 Å². The van der Waals surface area contributed by atoms with Gasteiger partial charge in [0.1, 0.15) is 0 Å². The highest BCUT2D eigenvalue weighted by molar-refractivity contribution is 8.01. The molecule has 0 unspecified atom stereocenters. The molecular formula is C26H26N4OS2. The maximum atomic E-state index is 13.1. The van der Waals surface area contributed by atoms with Crippen molar-refractivity contribution in [1.82, 2.24) is 15.1 Å². The lowest BCUT2D eigenvalue weighted by molar-refractivity contribution is -0.128. The van der Waals surface area contributed by atoms with Crippen molar-refractivity contribution in [2.24, 2.45) is 0 Å². The zero-order chi connectivity index (χ0) is 22.9. The van der Waals surface area contributed by atoms with E-state index < -0.39 is 0 Å². The molecule has 1 N–H and O–H groups in total. The number of carbonyl (C=O) groups excluding carboxylic acids is 1. The summed E-state index contributed by atoms with van der Waals surface area (Å²) in [4.78, 5) is 15.1. The number of amides is 1. The zero-order valence-electron chi connectivity index (χ0n) is 18.5. The minimum absolute atomic E-state index is 0.100. The molecule has 1 aromatic heterocycles. The smallest absolute Gasteiger partial charge is 0.233 e. The molecule has 5 nitrogen and oxygen atoms in total. The van der Waals surface area contributed by atoms with Crippen LogP contribution >= 0.6 is 23.1 Å². The van der Waals surface area contributed by atoms with Gasteiger partial charge in [-0.2, -0.15) is 0 Å². The number of aromatic nitrogens is 2. The number of benzene rings is 3. The Morgan fingerprint density at radius 1 is 0.909 bits per heavy atom. The number of carbonyl (C=O) groups is 1. The van der Waals surface area contributed by atoms with E-state index in [2.05, 4.69) is 58.8 Å². The average molecular weight is 475 g/mol. The van der Waals surface area contributed by atoms with Gasteiger partial charge in [0.25, 0.3) is 0 Å². The van der Waals surface area contributed by atoms with E-state index in [0.717, 1.165) is 27.1 Å². The number of rotatable bonds is 10. The molecular weight excluding hydrogens is 448 g/mol. The lowest BCUT2D eigenvalue weighted by Crippen LogP contribution is -2.33. The van der Waals surface area contributed by atoms with Gasteiger partial charge in [-0.25, -0.2) is 0 Å². The van der Waals surface area contributed by atoms with Crippen molar-refractivity contribution in [2.45, 2.75) is 24.2 Å².